The summed E-state index contributed by atoms with van der Waals surface area (Å²) in [5.41, 5.74) is 0.811. The van der Waals surface area contributed by atoms with Gasteiger partial charge in [0.2, 0.25) is 0 Å². The van der Waals surface area contributed by atoms with Crippen molar-refractivity contribution in [3.05, 3.63) is 45.5 Å². The van der Waals surface area contributed by atoms with E-state index in [1.807, 2.05) is 0 Å². The molecule has 0 bridgehead atoms. The van der Waals surface area contributed by atoms with Crippen LogP contribution in [0.4, 0.5) is 17.3 Å². The molecule has 0 spiro atoms. The summed E-state index contributed by atoms with van der Waals surface area (Å²) >= 11 is 6.36. The van der Waals surface area contributed by atoms with Gasteiger partial charge in [0.05, 0.1) is 37.1 Å². The van der Waals surface area contributed by atoms with Crippen molar-refractivity contribution in [2.75, 3.05) is 44.1 Å². The number of hydrogen-bond donors (Lipinski definition) is 3. The van der Waals surface area contributed by atoms with E-state index in [2.05, 4.69) is 26.0 Å². The van der Waals surface area contributed by atoms with E-state index in [9.17, 15) is 9.59 Å². The number of anilines is 3. The van der Waals surface area contributed by atoms with Gasteiger partial charge >= 0.3 is 0 Å². The maximum Gasteiger partial charge on any atom is 0.274 e. The molecule has 11 nitrogen and oxygen atoms in total. The SMILES string of the molecule is CNc1cc(Nc2cc(Cl)cn(C3CCCOC3)c2=O)nc2c(C(=O)N[C@H]3[C@@H]4COC[C@@H]43)cnn12. The third-order valence-corrected chi connectivity index (χ3v) is 7.23. The van der Waals surface area contributed by atoms with E-state index in [0.29, 0.717) is 71.8 Å². The minimum atomic E-state index is -0.228. The zero-order chi connectivity index (χ0) is 24.1. The Labute approximate surface area is 205 Å². The molecule has 2 saturated heterocycles. The number of fused-ring (bicyclic) bond motifs is 2. The van der Waals surface area contributed by atoms with Gasteiger partial charge in [-0.3, -0.25) is 9.59 Å². The van der Waals surface area contributed by atoms with Crippen LogP contribution in [-0.4, -0.2) is 64.6 Å². The molecule has 6 rings (SSSR count). The molecule has 3 N–H and O–H groups in total. The molecule has 2 aliphatic heterocycles. The minimum Gasteiger partial charge on any atom is -0.381 e. The maximum absolute atomic E-state index is 13.2. The minimum absolute atomic E-state index is 0.0729. The Balaban J connectivity index is 1.32. The molecule has 1 aliphatic carbocycles. The first-order valence-electron chi connectivity index (χ1n) is 11.7. The second-order valence-electron chi connectivity index (χ2n) is 9.22. The predicted molar refractivity (Wildman–Crippen MR) is 130 cm³/mol. The van der Waals surface area contributed by atoms with E-state index in [-0.39, 0.29) is 23.6 Å². The highest BCUT2D eigenvalue weighted by Gasteiger charge is 2.54. The molecule has 3 aromatic rings. The normalized spacial score (nSPS) is 25.3. The molecule has 1 saturated carbocycles. The summed E-state index contributed by atoms with van der Waals surface area (Å²) in [4.78, 5) is 30.9. The number of carbonyl (C=O) groups is 1. The Morgan fingerprint density at radius 1 is 1.20 bits per heavy atom. The molecular formula is C23H26ClN7O4. The van der Waals surface area contributed by atoms with Crippen LogP contribution in [0.25, 0.3) is 5.65 Å². The number of pyridine rings is 1. The number of nitrogens with one attached hydrogen (secondary N) is 3. The van der Waals surface area contributed by atoms with Gasteiger partial charge < -0.3 is 30.0 Å². The number of aromatic nitrogens is 4. The number of nitrogens with zero attached hydrogens (tertiary/aromatic N) is 4. The monoisotopic (exact) mass is 499 g/mol. The zero-order valence-corrected chi connectivity index (χ0v) is 19.9. The molecule has 3 aromatic heterocycles. The van der Waals surface area contributed by atoms with Gasteiger partial charge in [-0.05, 0) is 18.9 Å². The fourth-order valence-electron chi connectivity index (χ4n) is 5.06. The van der Waals surface area contributed by atoms with Crippen LogP contribution in [0.2, 0.25) is 5.02 Å². The number of amides is 1. The van der Waals surface area contributed by atoms with E-state index >= 15 is 0 Å². The number of hydrogen-bond acceptors (Lipinski definition) is 8. The van der Waals surface area contributed by atoms with Crippen LogP contribution in [0.3, 0.4) is 0 Å². The van der Waals surface area contributed by atoms with Gasteiger partial charge in [-0.25, -0.2) is 4.98 Å². The van der Waals surface area contributed by atoms with Gasteiger partial charge in [0, 0.05) is 43.8 Å². The Bertz CT molecular complexity index is 1340. The molecular weight excluding hydrogens is 474 g/mol. The Kier molecular flexibility index (Phi) is 5.62. The van der Waals surface area contributed by atoms with Crippen LogP contribution in [0, 0.1) is 11.8 Å². The lowest BCUT2D eigenvalue weighted by molar-refractivity contribution is 0.0581. The van der Waals surface area contributed by atoms with Crippen molar-refractivity contribution in [3.8, 4) is 0 Å². The van der Waals surface area contributed by atoms with Gasteiger partial charge in [0.25, 0.3) is 11.5 Å². The fourth-order valence-corrected chi connectivity index (χ4v) is 5.27. The summed E-state index contributed by atoms with van der Waals surface area (Å²) in [6.45, 7) is 2.54. The number of ether oxygens (including phenoxy) is 2. The van der Waals surface area contributed by atoms with Crippen molar-refractivity contribution in [1.29, 1.82) is 0 Å². The Morgan fingerprint density at radius 3 is 2.77 bits per heavy atom. The van der Waals surface area contributed by atoms with Crippen molar-refractivity contribution in [1.82, 2.24) is 24.5 Å². The number of rotatable bonds is 6. The van der Waals surface area contributed by atoms with Gasteiger partial charge in [0.1, 0.15) is 22.9 Å². The summed E-state index contributed by atoms with van der Waals surface area (Å²) in [5.74, 6) is 1.54. The average Bonchev–Trinajstić information content (AvgIpc) is 3.22. The van der Waals surface area contributed by atoms with Gasteiger partial charge in [-0.2, -0.15) is 9.61 Å². The van der Waals surface area contributed by atoms with E-state index < -0.39 is 0 Å². The van der Waals surface area contributed by atoms with Crippen LogP contribution in [0.5, 0.6) is 0 Å². The van der Waals surface area contributed by atoms with Crippen LogP contribution in [0.15, 0.2) is 29.3 Å². The molecule has 3 fully saturated rings. The largest absolute Gasteiger partial charge is 0.381 e. The molecule has 3 aliphatic rings. The highest BCUT2D eigenvalue weighted by Crippen LogP contribution is 2.44. The first-order valence-corrected chi connectivity index (χ1v) is 12.1. The molecule has 0 radical (unpaired) electrons. The summed E-state index contributed by atoms with van der Waals surface area (Å²) in [5, 5.41) is 14.0. The maximum atomic E-state index is 13.2. The topological polar surface area (TPSA) is 124 Å². The van der Waals surface area contributed by atoms with Crippen molar-refractivity contribution >= 4 is 40.5 Å². The average molecular weight is 500 g/mol. The lowest BCUT2D eigenvalue weighted by Gasteiger charge is -2.25. The van der Waals surface area contributed by atoms with Crippen LogP contribution in [-0.2, 0) is 9.47 Å². The van der Waals surface area contributed by atoms with Crippen molar-refractivity contribution in [3.63, 3.8) is 0 Å². The molecule has 1 amide bonds. The Hall–Kier alpha value is -3.15. The lowest BCUT2D eigenvalue weighted by atomic mass is 10.1. The fraction of sp³-hybridized carbons (Fsp3) is 0.478. The first kappa shape index (κ1) is 22.3. The quantitative estimate of drug-likeness (QED) is 0.471. The molecule has 35 heavy (non-hydrogen) atoms. The van der Waals surface area contributed by atoms with E-state index in [0.717, 1.165) is 12.8 Å². The second kappa shape index (κ2) is 8.81. The lowest BCUT2D eigenvalue weighted by Crippen LogP contribution is -2.31. The smallest absolute Gasteiger partial charge is 0.274 e. The molecule has 1 unspecified atom stereocenters. The molecule has 4 atom stereocenters. The van der Waals surface area contributed by atoms with E-state index in [1.165, 1.54) is 6.20 Å². The predicted octanol–water partition coefficient (Wildman–Crippen LogP) is 2.06. The van der Waals surface area contributed by atoms with E-state index in [4.69, 9.17) is 21.1 Å². The van der Waals surface area contributed by atoms with Crippen LogP contribution >= 0.6 is 11.6 Å². The highest BCUT2D eigenvalue weighted by molar-refractivity contribution is 6.30. The first-order chi connectivity index (χ1) is 17.0. The Morgan fingerprint density at radius 2 is 2.03 bits per heavy atom. The van der Waals surface area contributed by atoms with Gasteiger partial charge in [-0.1, -0.05) is 11.6 Å². The highest BCUT2D eigenvalue weighted by atomic mass is 35.5. The third kappa shape index (κ3) is 4.03. The number of halogens is 1. The van der Waals surface area contributed by atoms with Crippen LogP contribution < -0.4 is 21.5 Å². The van der Waals surface area contributed by atoms with Crippen LogP contribution in [0.1, 0.15) is 29.2 Å². The third-order valence-electron chi connectivity index (χ3n) is 7.02. The van der Waals surface area contributed by atoms with Crippen molar-refractivity contribution in [2.45, 2.75) is 24.9 Å². The molecule has 0 aromatic carbocycles. The summed E-state index contributed by atoms with van der Waals surface area (Å²) < 4.78 is 14.1. The van der Waals surface area contributed by atoms with Crippen molar-refractivity contribution < 1.29 is 14.3 Å². The zero-order valence-electron chi connectivity index (χ0n) is 19.2. The standard InChI is InChI=1S/C23H26ClN7O4/c1-25-19-6-18(27-17-5-12(24)8-30(23(17)33)13-3-2-4-34-9-13)28-21-14(7-26-31(19)21)22(32)29-20-15-10-35-11-16(15)20/h5-8,13,15-16,20,25H,2-4,9-11H2,1H3,(H,27,28)(H,29,32)/t13?,15-,16+,20+. The van der Waals surface area contributed by atoms with Crippen molar-refractivity contribution in [2.24, 2.45) is 11.8 Å². The second-order valence-corrected chi connectivity index (χ2v) is 9.65. The van der Waals surface area contributed by atoms with E-state index in [1.54, 1.807) is 34.5 Å². The summed E-state index contributed by atoms with van der Waals surface area (Å²) in [7, 11) is 1.75. The van der Waals surface area contributed by atoms with Gasteiger partial charge in [-0.15, -0.1) is 0 Å². The summed E-state index contributed by atoms with van der Waals surface area (Å²) in [6, 6.07) is 3.35. The molecule has 5 heterocycles. The molecule has 184 valence electrons. The summed E-state index contributed by atoms with van der Waals surface area (Å²) in [6.07, 6.45) is 4.88. The number of carbonyl (C=O) groups excluding carboxylic acids is 1. The molecule has 12 heteroatoms. The van der Waals surface area contributed by atoms with Gasteiger partial charge in [0.15, 0.2) is 5.65 Å².